The minimum atomic E-state index is -3.22. The van der Waals surface area contributed by atoms with Crippen LogP contribution in [0.4, 0.5) is 5.69 Å². The van der Waals surface area contributed by atoms with Crippen LogP contribution in [0.2, 0.25) is 0 Å². The van der Waals surface area contributed by atoms with Gasteiger partial charge in [-0.25, -0.2) is 8.42 Å². The summed E-state index contributed by atoms with van der Waals surface area (Å²) < 4.78 is 25.6. The first kappa shape index (κ1) is 10.9. The average molecular weight is 239 g/mol. The Labute approximate surface area is 93.9 Å². The summed E-state index contributed by atoms with van der Waals surface area (Å²) in [7, 11) is -3.22. The summed E-state index contributed by atoms with van der Waals surface area (Å²) in [6.07, 6.45) is 2.26. The minimum absolute atomic E-state index is 0.135. The Morgan fingerprint density at radius 2 is 2.25 bits per heavy atom. The van der Waals surface area contributed by atoms with Gasteiger partial charge in [0.2, 0.25) is 10.0 Å². The molecule has 0 atom stereocenters. The summed E-state index contributed by atoms with van der Waals surface area (Å²) >= 11 is 0. The predicted octanol–water partition coefficient (Wildman–Crippen LogP) is 1.71. The topological polar surface area (TPSA) is 74.8 Å². The Bertz CT molecular complexity index is 589. The highest BCUT2D eigenvalue weighted by molar-refractivity contribution is 7.92. The van der Waals surface area contributed by atoms with Crippen molar-refractivity contribution in [3.05, 3.63) is 24.4 Å². The number of hydrogen-bond donors (Lipinski definition) is 2. The number of aromatic nitrogens is 2. The third kappa shape index (κ3) is 2.33. The van der Waals surface area contributed by atoms with Gasteiger partial charge in [-0.1, -0.05) is 6.92 Å². The molecule has 0 fully saturated rings. The highest BCUT2D eigenvalue weighted by Crippen LogP contribution is 2.17. The second-order valence-electron chi connectivity index (χ2n) is 3.59. The van der Waals surface area contributed by atoms with Crippen LogP contribution >= 0.6 is 0 Å². The van der Waals surface area contributed by atoms with Crippen LogP contribution in [0, 0.1) is 0 Å². The summed E-state index contributed by atoms with van der Waals surface area (Å²) in [4.78, 5) is 0. The summed E-state index contributed by atoms with van der Waals surface area (Å²) in [5, 5.41) is 7.57. The lowest BCUT2D eigenvalue weighted by Crippen LogP contribution is -2.15. The van der Waals surface area contributed by atoms with E-state index in [1.54, 1.807) is 24.4 Å². The van der Waals surface area contributed by atoms with Gasteiger partial charge in [0, 0.05) is 11.1 Å². The van der Waals surface area contributed by atoms with Crippen molar-refractivity contribution in [3.8, 4) is 0 Å². The van der Waals surface area contributed by atoms with Gasteiger partial charge >= 0.3 is 0 Å². The van der Waals surface area contributed by atoms with Crippen LogP contribution in [0.5, 0.6) is 0 Å². The van der Waals surface area contributed by atoms with E-state index in [-0.39, 0.29) is 5.75 Å². The molecule has 0 aliphatic carbocycles. The zero-order valence-corrected chi connectivity index (χ0v) is 9.71. The molecule has 2 aromatic rings. The van der Waals surface area contributed by atoms with E-state index in [0.717, 1.165) is 10.9 Å². The van der Waals surface area contributed by atoms with E-state index in [1.165, 1.54) is 0 Å². The van der Waals surface area contributed by atoms with Gasteiger partial charge in [-0.2, -0.15) is 5.10 Å². The number of nitrogens with zero attached hydrogens (tertiary/aromatic N) is 1. The van der Waals surface area contributed by atoms with Crippen LogP contribution < -0.4 is 4.72 Å². The number of fused-ring (bicyclic) bond motifs is 1. The van der Waals surface area contributed by atoms with E-state index >= 15 is 0 Å². The minimum Gasteiger partial charge on any atom is -0.284 e. The van der Waals surface area contributed by atoms with Crippen molar-refractivity contribution in [2.45, 2.75) is 13.3 Å². The number of anilines is 1. The van der Waals surface area contributed by atoms with Crippen molar-refractivity contribution in [2.75, 3.05) is 10.5 Å². The first-order valence-electron chi connectivity index (χ1n) is 5.04. The highest BCUT2D eigenvalue weighted by atomic mass is 32.2. The summed E-state index contributed by atoms with van der Waals surface area (Å²) in [5.41, 5.74) is 1.46. The van der Waals surface area contributed by atoms with Crippen LogP contribution in [0.25, 0.3) is 10.9 Å². The molecule has 0 bridgehead atoms. The molecule has 2 rings (SSSR count). The van der Waals surface area contributed by atoms with Gasteiger partial charge in [0.1, 0.15) is 0 Å². The first-order chi connectivity index (χ1) is 7.61. The fraction of sp³-hybridized carbons (Fsp3) is 0.300. The van der Waals surface area contributed by atoms with Crippen LogP contribution in [0.1, 0.15) is 13.3 Å². The van der Waals surface area contributed by atoms with E-state index in [1.807, 2.05) is 6.92 Å². The second kappa shape index (κ2) is 4.13. The molecule has 6 heteroatoms. The van der Waals surface area contributed by atoms with Crippen molar-refractivity contribution in [2.24, 2.45) is 0 Å². The predicted molar refractivity (Wildman–Crippen MR) is 63.8 cm³/mol. The zero-order valence-electron chi connectivity index (χ0n) is 8.90. The Kier molecular flexibility index (Phi) is 2.82. The number of H-pyrrole nitrogens is 1. The summed E-state index contributed by atoms with van der Waals surface area (Å²) in [6, 6.07) is 5.27. The van der Waals surface area contributed by atoms with E-state index in [9.17, 15) is 8.42 Å². The smallest absolute Gasteiger partial charge is 0.232 e. The summed E-state index contributed by atoms with van der Waals surface area (Å²) in [5.74, 6) is 0.135. The molecular weight excluding hydrogens is 226 g/mol. The molecule has 0 amide bonds. The lowest BCUT2D eigenvalue weighted by Gasteiger charge is -2.06. The molecular formula is C10H13N3O2S. The molecule has 0 saturated heterocycles. The van der Waals surface area contributed by atoms with Crippen LogP contribution in [0.15, 0.2) is 24.4 Å². The van der Waals surface area contributed by atoms with E-state index in [4.69, 9.17) is 0 Å². The SMILES string of the molecule is CCCS(=O)(=O)Nc1ccc2[nH]ncc2c1. The molecule has 0 aliphatic heterocycles. The third-order valence-electron chi connectivity index (χ3n) is 2.19. The molecule has 1 aromatic carbocycles. The highest BCUT2D eigenvalue weighted by Gasteiger charge is 2.08. The maximum Gasteiger partial charge on any atom is 0.232 e. The fourth-order valence-corrected chi connectivity index (χ4v) is 2.63. The fourth-order valence-electron chi connectivity index (χ4n) is 1.51. The maximum absolute atomic E-state index is 11.5. The molecule has 0 radical (unpaired) electrons. The molecule has 16 heavy (non-hydrogen) atoms. The van der Waals surface area contributed by atoms with E-state index < -0.39 is 10.0 Å². The van der Waals surface area contributed by atoms with Crippen molar-refractivity contribution in [1.29, 1.82) is 0 Å². The average Bonchev–Trinajstić information content (AvgIpc) is 2.63. The number of rotatable bonds is 4. The van der Waals surface area contributed by atoms with Crippen LogP contribution in [-0.4, -0.2) is 24.4 Å². The van der Waals surface area contributed by atoms with E-state index in [0.29, 0.717) is 12.1 Å². The molecule has 1 aromatic heterocycles. The largest absolute Gasteiger partial charge is 0.284 e. The van der Waals surface area contributed by atoms with Gasteiger partial charge in [0.25, 0.3) is 0 Å². The second-order valence-corrected chi connectivity index (χ2v) is 5.43. The van der Waals surface area contributed by atoms with Gasteiger partial charge in [-0.05, 0) is 24.6 Å². The van der Waals surface area contributed by atoms with Crippen LogP contribution in [0.3, 0.4) is 0 Å². The maximum atomic E-state index is 11.5. The van der Waals surface area contributed by atoms with Gasteiger partial charge in [0.15, 0.2) is 0 Å². The standard InChI is InChI=1S/C10H13N3O2S/c1-2-5-16(14,15)13-9-3-4-10-8(6-9)7-11-12-10/h3-4,6-7,13H,2,5H2,1H3,(H,11,12). The number of benzene rings is 1. The monoisotopic (exact) mass is 239 g/mol. The molecule has 86 valence electrons. The quantitative estimate of drug-likeness (QED) is 0.853. The lowest BCUT2D eigenvalue weighted by atomic mass is 10.2. The van der Waals surface area contributed by atoms with Gasteiger partial charge in [0.05, 0.1) is 17.5 Å². The Morgan fingerprint density at radius 3 is 3.00 bits per heavy atom. The van der Waals surface area contributed by atoms with Gasteiger partial charge in [-0.3, -0.25) is 9.82 Å². The van der Waals surface area contributed by atoms with Crippen molar-refractivity contribution < 1.29 is 8.42 Å². The molecule has 1 heterocycles. The first-order valence-corrected chi connectivity index (χ1v) is 6.69. The third-order valence-corrected chi connectivity index (χ3v) is 3.68. The molecule has 0 spiro atoms. The Morgan fingerprint density at radius 1 is 1.44 bits per heavy atom. The number of hydrogen-bond acceptors (Lipinski definition) is 3. The van der Waals surface area contributed by atoms with Crippen molar-refractivity contribution in [3.63, 3.8) is 0 Å². The number of sulfonamides is 1. The van der Waals surface area contributed by atoms with Crippen LogP contribution in [-0.2, 0) is 10.0 Å². The Balaban J connectivity index is 2.27. The van der Waals surface area contributed by atoms with Gasteiger partial charge in [-0.15, -0.1) is 0 Å². The zero-order chi connectivity index (χ0) is 11.6. The van der Waals surface area contributed by atoms with Crippen molar-refractivity contribution >= 4 is 26.6 Å². The molecule has 0 unspecified atom stereocenters. The normalized spacial score (nSPS) is 11.8. The summed E-state index contributed by atoms with van der Waals surface area (Å²) in [6.45, 7) is 1.83. The lowest BCUT2D eigenvalue weighted by molar-refractivity contribution is 0.600. The van der Waals surface area contributed by atoms with Crippen molar-refractivity contribution in [1.82, 2.24) is 10.2 Å². The number of aromatic amines is 1. The molecule has 0 aliphatic rings. The molecule has 2 N–H and O–H groups in total. The van der Waals surface area contributed by atoms with Gasteiger partial charge < -0.3 is 0 Å². The van der Waals surface area contributed by atoms with E-state index in [2.05, 4.69) is 14.9 Å². The number of nitrogens with one attached hydrogen (secondary N) is 2. The Hall–Kier alpha value is -1.56. The molecule has 5 nitrogen and oxygen atoms in total. The molecule has 0 saturated carbocycles.